The van der Waals surface area contributed by atoms with Crippen molar-refractivity contribution < 1.29 is 28.2 Å². The number of fused-ring (bicyclic) bond motifs is 2. The van der Waals surface area contributed by atoms with Crippen LogP contribution >= 0.6 is 0 Å². The molecule has 0 N–H and O–H groups in total. The van der Waals surface area contributed by atoms with E-state index in [2.05, 4.69) is 9.98 Å². The molecule has 0 aliphatic rings. The minimum atomic E-state index is -0.729. The Morgan fingerprint density at radius 1 is 1.02 bits per heavy atom. The van der Waals surface area contributed by atoms with Gasteiger partial charge >= 0.3 is 5.97 Å². The summed E-state index contributed by atoms with van der Waals surface area (Å²) < 4.78 is 24.4. The molecule has 0 unspecified atom stereocenters. The van der Waals surface area contributed by atoms with Gasteiger partial charge in [0.05, 0.1) is 45.4 Å². The molecular formula is C29H26N4O7. The van der Waals surface area contributed by atoms with Gasteiger partial charge in [0.15, 0.2) is 17.0 Å². The van der Waals surface area contributed by atoms with E-state index in [4.69, 9.17) is 18.6 Å². The van der Waals surface area contributed by atoms with Crippen LogP contribution in [0.2, 0.25) is 0 Å². The lowest BCUT2D eigenvalue weighted by Crippen LogP contribution is -2.33. The highest BCUT2D eigenvalue weighted by molar-refractivity contribution is 5.94. The van der Waals surface area contributed by atoms with Crippen molar-refractivity contribution in [2.45, 2.75) is 19.9 Å². The largest absolute Gasteiger partial charge is 0.493 e. The minimum Gasteiger partial charge on any atom is -0.493 e. The number of carbonyl (C=O) groups excluding carboxylic acids is 2. The smallest absolute Gasteiger partial charge is 0.341 e. The lowest BCUT2D eigenvalue weighted by Gasteiger charge is -2.14. The number of ether oxygens (including phenoxy) is 3. The van der Waals surface area contributed by atoms with Crippen molar-refractivity contribution in [1.29, 1.82) is 0 Å². The van der Waals surface area contributed by atoms with Gasteiger partial charge in [0.1, 0.15) is 22.6 Å². The summed E-state index contributed by atoms with van der Waals surface area (Å²) in [5, 5.41) is 0.157. The van der Waals surface area contributed by atoms with Crippen LogP contribution in [-0.4, -0.2) is 46.7 Å². The van der Waals surface area contributed by atoms with Gasteiger partial charge in [-0.25, -0.2) is 9.78 Å². The molecule has 11 heteroatoms. The normalized spacial score (nSPS) is 11.6. The summed E-state index contributed by atoms with van der Waals surface area (Å²) in [6.07, 6.45) is 3.01. The van der Waals surface area contributed by atoms with E-state index < -0.39 is 11.9 Å². The number of hydrogen-bond acceptors (Lipinski definition) is 8. The van der Waals surface area contributed by atoms with E-state index in [9.17, 15) is 14.4 Å². The number of carbonyl (C=O) groups is 2. The van der Waals surface area contributed by atoms with Crippen LogP contribution in [0.15, 0.2) is 81.3 Å². The summed E-state index contributed by atoms with van der Waals surface area (Å²) in [4.78, 5) is 49.0. The molecule has 0 saturated carbocycles. The van der Waals surface area contributed by atoms with Crippen LogP contribution in [0.5, 0.6) is 11.5 Å². The van der Waals surface area contributed by atoms with Gasteiger partial charge in [-0.1, -0.05) is 12.1 Å². The molecule has 0 saturated heterocycles. The zero-order valence-electron chi connectivity index (χ0n) is 22.1. The molecule has 0 bridgehead atoms. The van der Waals surface area contributed by atoms with Crippen LogP contribution in [0.4, 0.5) is 0 Å². The fraction of sp³-hybridized carbons (Fsp3) is 0.207. The summed E-state index contributed by atoms with van der Waals surface area (Å²) >= 11 is 0. The molecule has 5 aromatic rings. The Hall–Kier alpha value is -5.19. The summed E-state index contributed by atoms with van der Waals surface area (Å²) in [5.74, 6) is 0.229. The van der Waals surface area contributed by atoms with E-state index in [1.807, 2.05) is 0 Å². The maximum Gasteiger partial charge on any atom is 0.341 e. The van der Waals surface area contributed by atoms with Crippen molar-refractivity contribution in [1.82, 2.24) is 14.0 Å². The van der Waals surface area contributed by atoms with E-state index in [-0.39, 0.29) is 47.2 Å². The Morgan fingerprint density at radius 3 is 2.58 bits per heavy atom. The molecule has 0 atom stereocenters. The zero-order valence-corrected chi connectivity index (χ0v) is 22.1. The first-order valence-electron chi connectivity index (χ1n) is 12.5. The minimum absolute atomic E-state index is 0.00000722. The second-order valence-electron chi connectivity index (χ2n) is 8.72. The van der Waals surface area contributed by atoms with Crippen LogP contribution in [-0.2, 0) is 22.5 Å². The Morgan fingerprint density at radius 2 is 1.85 bits per heavy atom. The number of amides is 1. The molecule has 0 aliphatic heterocycles. The van der Waals surface area contributed by atoms with Crippen molar-refractivity contribution in [2.75, 3.05) is 20.8 Å². The lowest BCUT2D eigenvalue weighted by molar-refractivity contribution is -0.117. The molecular weight excluding hydrogens is 516 g/mol. The second kappa shape index (κ2) is 11.3. The third-order valence-corrected chi connectivity index (χ3v) is 6.21. The van der Waals surface area contributed by atoms with Gasteiger partial charge in [-0.05, 0) is 55.0 Å². The molecule has 0 aliphatic carbocycles. The van der Waals surface area contributed by atoms with E-state index in [0.717, 1.165) is 0 Å². The molecule has 40 heavy (non-hydrogen) atoms. The maximum atomic E-state index is 13.5. The van der Waals surface area contributed by atoms with Crippen molar-refractivity contribution in [3.63, 3.8) is 0 Å². The Balaban J connectivity index is 1.76. The predicted molar refractivity (Wildman–Crippen MR) is 145 cm³/mol. The lowest BCUT2D eigenvalue weighted by atomic mass is 10.1. The van der Waals surface area contributed by atoms with Gasteiger partial charge < -0.3 is 23.2 Å². The van der Waals surface area contributed by atoms with Gasteiger partial charge in [-0.2, -0.15) is 4.99 Å². The number of hydrogen-bond donors (Lipinski definition) is 0. The van der Waals surface area contributed by atoms with Gasteiger partial charge in [0.2, 0.25) is 0 Å². The second-order valence-corrected chi connectivity index (χ2v) is 8.72. The first-order valence-corrected chi connectivity index (χ1v) is 12.5. The number of benzene rings is 1. The van der Waals surface area contributed by atoms with E-state index in [1.165, 1.54) is 35.5 Å². The average molecular weight is 543 g/mol. The molecule has 5 rings (SSSR count). The Labute approximate surface area is 227 Å². The maximum absolute atomic E-state index is 13.5. The number of furan rings is 1. The standard InChI is InChI=1S/C29H26N4O7/c1-4-39-29(36)21-16-20-26(30-24-9-5-6-12-32(24)28(20)35)33(17-19-8-7-13-40-19)27(21)31-25(34)15-18-10-11-22(37-2)23(14-18)38-3/h5-14,16H,4,15,17H2,1-3H3. The molecule has 1 amide bonds. The van der Waals surface area contributed by atoms with Gasteiger partial charge in [0.25, 0.3) is 11.5 Å². The van der Waals surface area contributed by atoms with E-state index in [1.54, 1.807) is 61.7 Å². The fourth-order valence-corrected chi connectivity index (χ4v) is 4.39. The third kappa shape index (κ3) is 5.08. The highest BCUT2D eigenvalue weighted by atomic mass is 16.5. The molecule has 11 nitrogen and oxygen atoms in total. The highest BCUT2D eigenvalue weighted by Crippen LogP contribution is 2.27. The molecule has 0 spiro atoms. The molecule has 0 fully saturated rings. The number of nitrogens with zero attached hydrogens (tertiary/aromatic N) is 4. The van der Waals surface area contributed by atoms with Gasteiger partial charge in [0, 0.05) is 6.20 Å². The van der Waals surface area contributed by atoms with Crippen LogP contribution < -0.4 is 20.5 Å². The summed E-state index contributed by atoms with van der Waals surface area (Å²) in [6, 6.07) is 15.1. The van der Waals surface area contributed by atoms with E-state index >= 15 is 0 Å². The first-order chi connectivity index (χ1) is 19.4. The predicted octanol–water partition coefficient (Wildman–Crippen LogP) is 3.15. The van der Waals surface area contributed by atoms with Crippen LogP contribution in [0.3, 0.4) is 0 Å². The summed E-state index contributed by atoms with van der Waals surface area (Å²) in [6.45, 7) is 1.80. The quantitative estimate of drug-likeness (QED) is 0.216. The molecule has 4 heterocycles. The number of pyridine rings is 2. The SMILES string of the molecule is CCOC(=O)c1cc2c(=O)n3ccccc3nc2n(Cc2ccco2)c1=NC(=O)Cc1ccc(OC)c(OC)c1. The number of rotatable bonds is 8. The van der Waals surface area contributed by atoms with E-state index in [0.29, 0.717) is 28.5 Å². The zero-order chi connectivity index (χ0) is 28.2. The van der Waals surface area contributed by atoms with Crippen molar-refractivity contribution in [3.05, 3.63) is 99.8 Å². The third-order valence-electron chi connectivity index (χ3n) is 6.21. The number of esters is 1. The van der Waals surface area contributed by atoms with Crippen molar-refractivity contribution in [2.24, 2.45) is 4.99 Å². The van der Waals surface area contributed by atoms with Gasteiger partial charge in [-0.15, -0.1) is 0 Å². The van der Waals surface area contributed by atoms with Crippen LogP contribution in [0.1, 0.15) is 28.6 Å². The summed E-state index contributed by atoms with van der Waals surface area (Å²) in [5.41, 5.74) is 0.821. The molecule has 204 valence electrons. The number of methoxy groups -OCH3 is 2. The number of aromatic nitrogens is 3. The summed E-state index contributed by atoms with van der Waals surface area (Å²) in [7, 11) is 3.03. The monoisotopic (exact) mass is 542 g/mol. The molecule has 1 aromatic carbocycles. The van der Waals surface area contributed by atoms with Crippen LogP contribution in [0.25, 0.3) is 16.7 Å². The Kier molecular flexibility index (Phi) is 7.45. The molecule has 4 aromatic heterocycles. The topological polar surface area (TPSA) is 127 Å². The molecule has 0 radical (unpaired) electrons. The van der Waals surface area contributed by atoms with Gasteiger partial charge in [-0.3, -0.25) is 14.0 Å². The average Bonchev–Trinajstić information content (AvgIpc) is 3.48. The van der Waals surface area contributed by atoms with Crippen molar-refractivity contribution in [3.8, 4) is 11.5 Å². The first kappa shape index (κ1) is 26.4. The highest BCUT2D eigenvalue weighted by Gasteiger charge is 2.21. The van der Waals surface area contributed by atoms with Crippen molar-refractivity contribution >= 4 is 28.6 Å². The van der Waals surface area contributed by atoms with Crippen LogP contribution in [0, 0.1) is 0 Å². The fourth-order valence-electron chi connectivity index (χ4n) is 4.39. The Bertz CT molecular complexity index is 1850.